The third-order valence-corrected chi connectivity index (χ3v) is 2.95. The smallest absolute Gasteiger partial charge is 0.424 e. The number of carbonyl (C=O) groups excluding carboxylic acids is 1. The third kappa shape index (κ3) is 3.28. The Kier molecular flexibility index (Phi) is 3.82. The van der Waals surface area contributed by atoms with Crippen LogP contribution in [0.4, 0.5) is 15.3 Å². The molecule has 2 aromatic rings. The molecule has 0 radical (unpaired) electrons. The number of halogens is 1. The van der Waals surface area contributed by atoms with Gasteiger partial charge in [-0.2, -0.15) is 4.90 Å². The minimum absolute atomic E-state index is 0.172. The van der Waals surface area contributed by atoms with Gasteiger partial charge in [0.25, 0.3) is 0 Å². The van der Waals surface area contributed by atoms with Gasteiger partial charge in [-0.1, -0.05) is 11.6 Å². The van der Waals surface area contributed by atoms with E-state index in [1.807, 2.05) is 0 Å². The predicted molar refractivity (Wildman–Crippen MR) is 80.0 cm³/mol. The summed E-state index contributed by atoms with van der Waals surface area (Å²) in [6.07, 6.45) is -0.787. The molecule has 0 spiro atoms. The van der Waals surface area contributed by atoms with Crippen molar-refractivity contribution in [1.82, 2.24) is 4.98 Å². The lowest BCUT2D eigenvalue weighted by Gasteiger charge is -2.24. The van der Waals surface area contributed by atoms with E-state index in [1.165, 1.54) is 12.1 Å². The molecule has 0 aliphatic heterocycles. The van der Waals surface area contributed by atoms with Gasteiger partial charge in [0, 0.05) is 17.1 Å². The van der Waals surface area contributed by atoms with Crippen LogP contribution in [-0.2, 0) is 4.74 Å². The lowest BCUT2D eigenvalue weighted by Crippen LogP contribution is -2.40. The summed E-state index contributed by atoms with van der Waals surface area (Å²) in [6.45, 7) is 4.99. The monoisotopic (exact) mass is 310 g/mol. The maximum Gasteiger partial charge on any atom is 0.424 e. The molecule has 6 nitrogen and oxygen atoms in total. The first-order chi connectivity index (χ1) is 9.69. The topological polar surface area (TPSA) is 82.6 Å². The number of ether oxygens (including phenoxy) is 1. The zero-order valence-electron chi connectivity index (χ0n) is 11.8. The average molecular weight is 311 g/mol. The molecule has 0 atom stereocenters. The van der Waals surface area contributed by atoms with Crippen molar-refractivity contribution < 1.29 is 19.4 Å². The number of anilines is 1. The van der Waals surface area contributed by atoms with Crippen molar-refractivity contribution in [3.63, 3.8) is 0 Å². The largest absolute Gasteiger partial charge is 0.464 e. The Morgan fingerprint density at radius 3 is 2.57 bits per heavy atom. The molecule has 0 bridgehead atoms. The van der Waals surface area contributed by atoms with Gasteiger partial charge in [0.1, 0.15) is 5.60 Å². The molecule has 2 N–H and O–H groups in total. The Hall–Kier alpha value is -2.21. The van der Waals surface area contributed by atoms with E-state index in [4.69, 9.17) is 16.3 Å². The second-order valence-electron chi connectivity index (χ2n) is 5.46. The molecule has 0 fully saturated rings. The van der Waals surface area contributed by atoms with Crippen molar-refractivity contribution >= 4 is 40.4 Å². The molecule has 0 saturated carbocycles. The first kappa shape index (κ1) is 15.2. The lowest BCUT2D eigenvalue weighted by atomic mass is 10.2. The lowest BCUT2D eigenvalue weighted by molar-refractivity contribution is 0.0582. The van der Waals surface area contributed by atoms with Gasteiger partial charge >= 0.3 is 12.2 Å². The number of nitrogens with zero attached hydrogens (tertiary/aromatic N) is 1. The van der Waals surface area contributed by atoms with E-state index in [0.717, 1.165) is 5.52 Å². The fourth-order valence-electron chi connectivity index (χ4n) is 1.82. The zero-order valence-corrected chi connectivity index (χ0v) is 12.6. The van der Waals surface area contributed by atoms with Gasteiger partial charge in [0.15, 0.2) is 0 Å². The molecule has 1 heterocycles. The Morgan fingerprint density at radius 1 is 1.33 bits per heavy atom. The normalized spacial score (nSPS) is 11.4. The van der Waals surface area contributed by atoms with Crippen LogP contribution in [0.25, 0.3) is 10.9 Å². The molecular formula is C14H15ClN2O4. The molecule has 1 aromatic carbocycles. The molecule has 7 heteroatoms. The highest BCUT2D eigenvalue weighted by Gasteiger charge is 2.28. The molecule has 0 aliphatic carbocycles. The molecule has 0 saturated heterocycles. The summed E-state index contributed by atoms with van der Waals surface area (Å²) in [7, 11) is 0. The second kappa shape index (κ2) is 5.29. The Bertz CT molecular complexity index is 703. The van der Waals surface area contributed by atoms with E-state index in [-0.39, 0.29) is 5.69 Å². The fourth-order valence-corrected chi connectivity index (χ4v) is 2.03. The molecule has 2 rings (SSSR count). The van der Waals surface area contributed by atoms with Crippen LogP contribution in [-0.4, -0.2) is 27.9 Å². The molecule has 1 aromatic heterocycles. The quantitative estimate of drug-likeness (QED) is 0.825. The van der Waals surface area contributed by atoms with Crippen LogP contribution in [0, 0.1) is 0 Å². The maximum absolute atomic E-state index is 12.0. The van der Waals surface area contributed by atoms with Gasteiger partial charge in [-0.3, -0.25) is 0 Å². The van der Waals surface area contributed by atoms with Crippen molar-refractivity contribution in [2.45, 2.75) is 26.4 Å². The maximum atomic E-state index is 12.0. The van der Waals surface area contributed by atoms with Crippen molar-refractivity contribution in [2.75, 3.05) is 4.90 Å². The number of carbonyl (C=O) groups is 2. The summed E-state index contributed by atoms with van der Waals surface area (Å²) >= 11 is 6.00. The van der Waals surface area contributed by atoms with Crippen molar-refractivity contribution in [3.05, 3.63) is 29.4 Å². The Morgan fingerprint density at radius 2 is 2.00 bits per heavy atom. The Labute approximate surface area is 126 Å². The molecular weight excluding hydrogens is 296 g/mol. The summed E-state index contributed by atoms with van der Waals surface area (Å²) in [6, 6.07) is 4.68. The zero-order chi connectivity index (χ0) is 15.8. The highest BCUT2D eigenvalue weighted by Crippen LogP contribution is 2.28. The number of H-pyrrole nitrogens is 1. The molecule has 2 amide bonds. The summed E-state index contributed by atoms with van der Waals surface area (Å²) < 4.78 is 5.10. The van der Waals surface area contributed by atoms with Crippen LogP contribution in [0.15, 0.2) is 24.4 Å². The number of rotatable bonds is 1. The molecule has 0 unspecified atom stereocenters. The SMILES string of the molecule is CC(C)(C)OC(=O)N(C(=O)O)c1ccc2[nH]cc(Cl)c2c1. The van der Waals surface area contributed by atoms with Gasteiger partial charge in [-0.05, 0) is 39.0 Å². The first-order valence-corrected chi connectivity index (χ1v) is 6.59. The van der Waals surface area contributed by atoms with Crippen LogP contribution in [0.3, 0.4) is 0 Å². The first-order valence-electron chi connectivity index (χ1n) is 6.22. The standard InChI is InChI=1S/C14H15ClN2O4/c1-14(2,3)21-13(20)17(12(18)19)8-4-5-11-9(6-8)10(15)7-16-11/h4-7,16H,1-3H3,(H,18,19). The molecule has 21 heavy (non-hydrogen) atoms. The van der Waals surface area contributed by atoms with Crippen LogP contribution in [0.1, 0.15) is 20.8 Å². The summed E-state index contributed by atoms with van der Waals surface area (Å²) in [5, 5.41) is 10.3. The van der Waals surface area contributed by atoms with Crippen LogP contribution < -0.4 is 4.90 Å². The number of carboxylic acid groups (broad SMARTS) is 1. The van der Waals surface area contributed by atoms with Crippen molar-refractivity contribution in [2.24, 2.45) is 0 Å². The number of imide groups is 1. The van der Waals surface area contributed by atoms with E-state index in [1.54, 1.807) is 33.0 Å². The highest BCUT2D eigenvalue weighted by molar-refractivity contribution is 6.35. The molecule has 112 valence electrons. The van der Waals surface area contributed by atoms with E-state index < -0.39 is 17.8 Å². The number of amides is 2. The van der Waals surface area contributed by atoms with E-state index in [9.17, 15) is 14.7 Å². The van der Waals surface area contributed by atoms with Crippen LogP contribution in [0.2, 0.25) is 5.02 Å². The number of benzene rings is 1. The number of aromatic amines is 1. The summed E-state index contributed by atoms with van der Waals surface area (Å²) in [5.41, 5.74) is 0.129. The van der Waals surface area contributed by atoms with Gasteiger partial charge in [-0.15, -0.1) is 0 Å². The van der Waals surface area contributed by atoms with Gasteiger partial charge in [0.2, 0.25) is 0 Å². The number of nitrogens with one attached hydrogen (secondary N) is 1. The minimum atomic E-state index is -1.42. The molecule has 0 aliphatic rings. The third-order valence-electron chi connectivity index (χ3n) is 2.64. The van der Waals surface area contributed by atoms with Gasteiger partial charge in [0.05, 0.1) is 10.7 Å². The summed E-state index contributed by atoms with van der Waals surface area (Å²) in [5.74, 6) is 0. The number of fused-ring (bicyclic) bond motifs is 1. The van der Waals surface area contributed by atoms with E-state index >= 15 is 0 Å². The average Bonchev–Trinajstić information content (AvgIpc) is 2.68. The minimum Gasteiger partial charge on any atom is -0.464 e. The van der Waals surface area contributed by atoms with Gasteiger partial charge < -0.3 is 14.8 Å². The number of hydrogen-bond acceptors (Lipinski definition) is 3. The summed E-state index contributed by atoms with van der Waals surface area (Å²) in [4.78, 5) is 26.9. The highest BCUT2D eigenvalue weighted by atomic mass is 35.5. The Balaban J connectivity index is 2.43. The van der Waals surface area contributed by atoms with Crippen molar-refractivity contribution in [1.29, 1.82) is 0 Å². The fraction of sp³-hybridized carbons (Fsp3) is 0.286. The van der Waals surface area contributed by atoms with E-state index in [0.29, 0.717) is 15.3 Å². The predicted octanol–water partition coefficient (Wildman–Crippen LogP) is 4.24. The number of aromatic nitrogens is 1. The van der Waals surface area contributed by atoms with Crippen LogP contribution in [0.5, 0.6) is 0 Å². The number of hydrogen-bond donors (Lipinski definition) is 2. The van der Waals surface area contributed by atoms with E-state index in [2.05, 4.69) is 4.98 Å². The van der Waals surface area contributed by atoms with Gasteiger partial charge in [-0.25, -0.2) is 9.59 Å². The van der Waals surface area contributed by atoms with Crippen LogP contribution >= 0.6 is 11.6 Å². The second-order valence-corrected chi connectivity index (χ2v) is 5.87. The van der Waals surface area contributed by atoms with Crippen molar-refractivity contribution in [3.8, 4) is 0 Å².